The van der Waals surface area contributed by atoms with Crippen molar-refractivity contribution in [3.63, 3.8) is 0 Å². The molecular formula is C18H21ClN2O3S2. The van der Waals surface area contributed by atoms with Crippen LogP contribution in [0.3, 0.4) is 0 Å². The number of hydrogen-bond donors (Lipinski definition) is 2. The molecule has 0 aromatic heterocycles. The number of rotatable bonds is 9. The predicted octanol–water partition coefficient (Wildman–Crippen LogP) is 3.16. The summed E-state index contributed by atoms with van der Waals surface area (Å²) in [7, 11) is -3.64. The highest BCUT2D eigenvalue weighted by Gasteiger charge is 2.15. The maximum Gasteiger partial charge on any atom is 0.240 e. The van der Waals surface area contributed by atoms with Crippen molar-refractivity contribution in [3.05, 3.63) is 59.6 Å². The maximum absolute atomic E-state index is 12.1. The number of nitrogens with one attached hydrogen (secondary N) is 2. The average Bonchev–Trinajstić information content (AvgIpc) is 2.64. The average molecular weight is 413 g/mol. The van der Waals surface area contributed by atoms with E-state index in [2.05, 4.69) is 10.0 Å². The molecule has 5 nitrogen and oxygen atoms in total. The number of hydrogen-bond acceptors (Lipinski definition) is 4. The largest absolute Gasteiger partial charge is 0.355 e. The highest BCUT2D eigenvalue weighted by Crippen LogP contribution is 2.20. The van der Waals surface area contributed by atoms with Gasteiger partial charge in [0, 0.05) is 34.7 Å². The zero-order chi connectivity index (χ0) is 19.0. The summed E-state index contributed by atoms with van der Waals surface area (Å²) in [6.45, 7) is 2.18. The van der Waals surface area contributed by atoms with Crippen LogP contribution in [0.4, 0.5) is 0 Å². The second-order valence-corrected chi connectivity index (χ2v) is 8.97. The molecule has 0 fully saturated rings. The number of benzene rings is 2. The number of thioether (sulfide) groups is 1. The molecule has 0 aliphatic rings. The highest BCUT2D eigenvalue weighted by atomic mass is 35.5. The minimum absolute atomic E-state index is 0.101. The smallest absolute Gasteiger partial charge is 0.240 e. The molecule has 1 amide bonds. The lowest BCUT2D eigenvalue weighted by atomic mass is 10.2. The van der Waals surface area contributed by atoms with Crippen LogP contribution in [-0.2, 0) is 14.8 Å². The Bertz CT molecular complexity index is 829. The fourth-order valence-corrected chi connectivity index (χ4v) is 4.35. The lowest BCUT2D eigenvalue weighted by molar-refractivity contribution is -0.123. The summed E-state index contributed by atoms with van der Waals surface area (Å²) in [5.41, 5.74) is 0. The molecule has 0 radical (unpaired) electrons. The van der Waals surface area contributed by atoms with Crippen LogP contribution in [0.5, 0.6) is 0 Å². The van der Waals surface area contributed by atoms with Crippen molar-refractivity contribution in [2.75, 3.05) is 18.8 Å². The first kappa shape index (κ1) is 20.8. The Morgan fingerprint density at radius 1 is 1.12 bits per heavy atom. The van der Waals surface area contributed by atoms with E-state index < -0.39 is 10.0 Å². The van der Waals surface area contributed by atoms with Gasteiger partial charge in [-0.05, 0) is 30.3 Å². The van der Waals surface area contributed by atoms with Crippen LogP contribution in [-0.4, -0.2) is 33.2 Å². The Balaban J connectivity index is 1.72. The molecule has 0 saturated heterocycles. The minimum atomic E-state index is -3.64. The Kier molecular flexibility index (Phi) is 7.96. The van der Waals surface area contributed by atoms with Crippen LogP contribution < -0.4 is 10.0 Å². The van der Waals surface area contributed by atoms with Gasteiger partial charge in [0.2, 0.25) is 15.9 Å². The molecule has 2 aromatic rings. The van der Waals surface area contributed by atoms with Crippen molar-refractivity contribution >= 4 is 39.3 Å². The van der Waals surface area contributed by atoms with Crippen molar-refractivity contribution < 1.29 is 13.2 Å². The van der Waals surface area contributed by atoms with E-state index in [1.54, 1.807) is 23.9 Å². The number of carbonyl (C=O) groups is 1. The minimum Gasteiger partial charge on any atom is -0.355 e. The Hall–Kier alpha value is -1.54. The molecule has 26 heavy (non-hydrogen) atoms. The van der Waals surface area contributed by atoms with Gasteiger partial charge < -0.3 is 5.32 Å². The number of amides is 1. The van der Waals surface area contributed by atoms with Crippen LogP contribution in [0, 0.1) is 5.92 Å². The Morgan fingerprint density at radius 2 is 1.85 bits per heavy atom. The van der Waals surface area contributed by atoms with E-state index in [0.717, 1.165) is 4.90 Å². The number of carbonyl (C=O) groups excluding carboxylic acids is 1. The summed E-state index contributed by atoms with van der Waals surface area (Å²) in [6.07, 6.45) is 0. The van der Waals surface area contributed by atoms with E-state index in [-0.39, 0.29) is 29.8 Å². The van der Waals surface area contributed by atoms with Gasteiger partial charge in [0.15, 0.2) is 0 Å². The summed E-state index contributed by atoms with van der Waals surface area (Å²) < 4.78 is 26.7. The quantitative estimate of drug-likeness (QED) is 0.490. The van der Waals surface area contributed by atoms with E-state index in [1.165, 1.54) is 12.1 Å². The zero-order valence-corrected chi connectivity index (χ0v) is 16.7. The van der Waals surface area contributed by atoms with Crippen LogP contribution in [0.1, 0.15) is 6.92 Å². The van der Waals surface area contributed by atoms with Gasteiger partial charge in [-0.15, -0.1) is 11.8 Å². The van der Waals surface area contributed by atoms with E-state index in [1.807, 2.05) is 37.3 Å². The molecule has 2 aromatic carbocycles. The highest BCUT2D eigenvalue weighted by molar-refractivity contribution is 7.99. The fraction of sp³-hybridized carbons (Fsp3) is 0.278. The molecule has 0 saturated carbocycles. The Labute approximate surface area is 163 Å². The lowest BCUT2D eigenvalue weighted by Gasteiger charge is -2.12. The molecule has 0 spiro atoms. The van der Waals surface area contributed by atoms with Gasteiger partial charge >= 0.3 is 0 Å². The normalized spacial score (nSPS) is 12.5. The molecule has 140 valence electrons. The fourth-order valence-electron chi connectivity index (χ4n) is 2.08. The lowest BCUT2D eigenvalue weighted by Crippen LogP contribution is -2.37. The van der Waals surface area contributed by atoms with E-state index in [0.29, 0.717) is 10.8 Å². The second-order valence-electron chi connectivity index (χ2n) is 5.67. The van der Waals surface area contributed by atoms with E-state index in [4.69, 9.17) is 11.6 Å². The summed E-state index contributed by atoms with van der Waals surface area (Å²) in [5.74, 6) is 0.379. The van der Waals surface area contributed by atoms with Gasteiger partial charge in [-0.2, -0.15) is 0 Å². The van der Waals surface area contributed by atoms with Crippen molar-refractivity contribution in [3.8, 4) is 0 Å². The summed E-state index contributed by atoms with van der Waals surface area (Å²) in [5, 5.41) is 3.10. The molecule has 0 aliphatic carbocycles. The molecule has 2 rings (SSSR count). The zero-order valence-electron chi connectivity index (χ0n) is 14.3. The first-order valence-electron chi connectivity index (χ1n) is 8.09. The van der Waals surface area contributed by atoms with Gasteiger partial charge in [0.05, 0.1) is 4.90 Å². The molecule has 1 atom stereocenters. The van der Waals surface area contributed by atoms with Crippen LogP contribution in [0.2, 0.25) is 5.02 Å². The summed E-state index contributed by atoms with van der Waals surface area (Å²) >= 11 is 7.43. The molecule has 2 N–H and O–H groups in total. The van der Waals surface area contributed by atoms with Crippen LogP contribution >= 0.6 is 23.4 Å². The number of sulfonamides is 1. The van der Waals surface area contributed by atoms with Gasteiger partial charge in [-0.25, -0.2) is 13.1 Å². The molecule has 8 heteroatoms. The Morgan fingerprint density at radius 3 is 2.54 bits per heavy atom. The SMILES string of the molecule is CC(CSc1ccccc1)C(=O)NCCNS(=O)(=O)c1cccc(Cl)c1. The third-order valence-electron chi connectivity index (χ3n) is 3.51. The van der Waals surface area contributed by atoms with Crippen LogP contribution in [0.25, 0.3) is 0 Å². The maximum atomic E-state index is 12.1. The van der Waals surface area contributed by atoms with E-state index >= 15 is 0 Å². The molecule has 0 bridgehead atoms. The molecule has 0 heterocycles. The molecular weight excluding hydrogens is 392 g/mol. The van der Waals surface area contributed by atoms with Gasteiger partial charge in [0.1, 0.15) is 0 Å². The topological polar surface area (TPSA) is 75.3 Å². The van der Waals surface area contributed by atoms with Gasteiger partial charge in [0.25, 0.3) is 0 Å². The van der Waals surface area contributed by atoms with E-state index in [9.17, 15) is 13.2 Å². The first-order chi connectivity index (χ1) is 12.4. The van der Waals surface area contributed by atoms with Crippen LogP contribution in [0.15, 0.2) is 64.4 Å². The summed E-state index contributed by atoms with van der Waals surface area (Å²) in [6, 6.07) is 15.9. The second kappa shape index (κ2) is 9.97. The summed E-state index contributed by atoms with van der Waals surface area (Å²) in [4.78, 5) is 13.3. The molecule has 0 aliphatic heterocycles. The number of halogens is 1. The van der Waals surface area contributed by atoms with Crippen molar-refractivity contribution in [1.29, 1.82) is 0 Å². The third-order valence-corrected chi connectivity index (χ3v) is 6.48. The van der Waals surface area contributed by atoms with Crippen molar-refractivity contribution in [2.45, 2.75) is 16.7 Å². The third kappa shape index (κ3) is 6.64. The first-order valence-corrected chi connectivity index (χ1v) is 10.9. The van der Waals surface area contributed by atoms with Crippen molar-refractivity contribution in [2.24, 2.45) is 5.92 Å². The van der Waals surface area contributed by atoms with Crippen molar-refractivity contribution in [1.82, 2.24) is 10.0 Å². The van der Waals surface area contributed by atoms with Gasteiger partial charge in [-0.3, -0.25) is 4.79 Å². The van der Waals surface area contributed by atoms with Gasteiger partial charge in [-0.1, -0.05) is 42.8 Å². The standard InChI is InChI=1S/C18H21ClN2O3S2/c1-14(13-25-16-7-3-2-4-8-16)18(22)20-10-11-21-26(23,24)17-9-5-6-15(19)12-17/h2-9,12,14,21H,10-11,13H2,1H3,(H,20,22). The predicted molar refractivity (Wildman–Crippen MR) is 106 cm³/mol. The monoisotopic (exact) mass is 412 g/mol. The molecule has 1 unspecified atom stereocenters.